The maximum atomic E-state index is 13.5. The van der Waals surface area contributed by atoms with Gasteiger partial charge in [0.05, 0.1) is 4.92 Å². The van der Waals surface area contributed by atoms with E-state index in [4.69, 9.17) is 0 Å². The Morgan fingerprint density at radius 3 is 2.71 bits per heavy atom. The van der Waals surface area contributed by atoms with Crippen LogP contribution < -0.4 is 0 Å². The summed E-state index contributed by atoms with van der Waals surface area (Å²) in [6, 6.07) is 3.53. The summed E-state index contributed by atoms with van der Waals surface area (Å²) in [7, 11) is 0. The number of nitrogens with zero attached hydrogens (tertiary/aromatic N) is 1. The van der Waals surface area contributed by atoms with Crippen LogP contribution in [-0.4, -0.2) is 10.3 Å². The molecular formula is C12H13BrFNO2. The van der Waals surface area contributed by atoms with Crippen LogP contribution in [0.4, 0.5) is 10.1 Å². The smallest absolute Gasteiger partial charge is 0.258 e. The zero-order valence-electron chi connectivity index (χ0n) is 9.61. The first-order valence-corrected chi connectivity index (χ1v) is 6.28. The van der Waals surface area contributed by atoms with Crippen molar-refractivity contribution in [3.8, 4) is 0 Å². The van der Waals surface area contributed by atoms with Crippen LogP contribution in [0.5, 0.6) is 0 Å². The van der Waals surface area contributed by atoms with Crippen molar-refractivity contribution in [3.63, 3.8) is 0 Å². The Hall–Kier alpha value is -1.23. The molecule has 1 aromatic rings. The molecule has 0 saturated heterocycles. The Labute approximate surface area is 108 Å². The molecule has 0 radical (unpaired) electrons. The molecule has 0 unspecified atom stereocenters. The number of nitro groups is 1. The lowest BCUT2D eigenvalue weighted by Gasteiger charge is -2.08. The molecule has 17 heavy (non-hydrogen) atoms. The van der Waals surface area contributed by atoms with Crippen LogP contribution >= 0.6 is 15.9 Å². The molecule has 0 atom stereocenters. The van der Waals surface area contributed by atoms with Crippen molar-refractivity contribution in [2.75, 3.05) is 5.33 Å². The summed E-state index contributed by atoms with van der Waals surface area (Å²) in [5, 5.41) is 11.2. The van der Waals surface area contributed by atoms with Crippen molar-refractivity contribution in [2.24, 2.45) is 5.92 Å². The molecule has 0 spiro atoms. The van der Waals surface area contributed by atoms with E-state index >= 15 is 0 Å². The zero-order valence-corrected chi connectivity index (χ0v) is 11.2. The van der Waals surface area contributed by atoms with E-state index in [1.165, 1.54) is 6.07 Å². The fourth-order valence-corrected chi connectivity index (χ4v) is 2.12. The number of halogens is 2. The van der Waals surface area contributed by atoms with Gasteiger partial charge in [-0.1, -0.05) is 41.4 Å². The second kappa shape index (κ2) is 5.91. The minimum absolute atomic E-state index is 0.102. The molecule has 1 rings (SSSR count). The Morgan fingerprint density at radius 2 is 2.24 bits per heavy atom. The quantitative estimate of drug-likeness (QED) is 0.476. The molecule has 0 bridgehead atoms. The minimum Gasteiger partial charge on any atom is -0.258 e. The molecule has 0 amide bonds. The van der Waals surface area contributed by atoms with Gasteiger partial charge < -0.3 is 0 Å². The fourth-order valence-electron chi connectivity index (χ4n) is 1.31. The van der Waals surface area contributed by atoms with E-state index in [1.807, 2.05) is 13.8 Å². The highest BCUT2D eigenvalue weighted by molar-refractivity contribution is 9.09. The van der Waals surface area contributed by atoms with E-state index in [1.54, 1.807) is 6.08 Å². The average molecular weight is 302 g/mol. The van der Waals surface area contributed by atoms with Crippen LogP contribution in [0.3, 0.4) is 0 Å². The highest BCUT2D eigenvalue weighted by Gasteiger charge is 2.10. The summed E-state index contributed by atoms with van der Waals surface area (Å²) in [5.74, 6) is -0.192. The summed E-state index contributed by atoms with van der Waals surface area (Å²) >= 11 is 3.32. The minimum atomic E-state index is -0.528. The molecule has 0 heterocycles. The molecule has 0 fully saturated rings. The number of allylic oxidation sites excluding steroid dienone is 1. The topological polar surface area (TPSA) is 43.1 Å². The molecule has 1 aromatic carbocycles. The Bertz CT molecular complexity index is 458. The van der Waals surface area contributed by atoms with E-state index in [2.05, 4.69) is 15.9 Å². The summed E-state index contributed by atoms with van der Waals surface area (Å²) in [4.78, 5) is 10.1. The summed E-state index contributed by atoms with van der Waals surface area (Å²) in [6.07, 6.45) is 1.65. The van der Waals surface area contributed by atoms with Gasteiger partial charge in [-0.05, 0) is 12.0 Å². The van der Waals surface area contributed by atoms with Crippen molar-refractivity contribution in [3.05, 3.63) is 45.3 Å². The first kappa shape index (κ1) is 13.8. The molecule has 0 aromatic heterocycles. The predicted molar refractivity (Wildman–Crippen MR) is 69.7 cm³/mol. The van der Waals surface area contributed by atoms with Gasteiger partial charge in [-0.25, -0.2) is 4.39 Å². The van der Waals surface area contributed by atoms with Gasteiger partial charge in [-0.2, -0.15) is 0 Å². The van der Waals surface area contributed by atoms with Crippen molar-refractivity contribution in [1.29, 1.82) is 0 Å². The molecule has 0 saturated carbocycles. The number of nitro benzene ring substituents is 1. The van der Waals surface area contributed by atoms with Gasteiger partial charge in [-0.15, -0.1) is 0 Å². The zero-order chi connectivity index (χ0) is 13.0. The fraction of sp³-hybridized carbons (Fsp3) is 0.333. The molecule has 3 nitrogen and oxygen atoms in total. The lowest BCUT2D eigenvalue weighted by Crippen LogP contribution is -1.97. The van der Waals surface area contributed by atoms with Gasteiger partial charge in [0.25, 0.3) is 5.69 Å². The maximum absolute atomic E-state index is 13.5. The first-order chi connectivity index (χ1) is 7.95. The van der Waals surface area contributed by atoms with E-state index in [0.717, 1.165) is 17.7 Å². The Balaban J connectivity index is 3.21. The number of hydrogen-bond acceptors (Lipinski definition) is 2. The van der Waals surface area contributed by atoms with Gasteiger partial charge >= 0.3 is 0 Å². The molecule has 0 aliphatic carbocycles. The summed E-state index contributed by atoms with van der Waals surface area (Å²) < 4.78 is 13.5. The molecular weight excluding hydrogens is 289 g/mol. The van der Waals surface area contributed by atoms with Crippen LogP contribution in [-0.2, 0) is 0 Å². The van der Waals surface area contributed by atoms with Crippen molar-refractivity contribution in [1.82, 2.24) is 0 Å². The third-order valence-corrected chi connectivity index (χ3v) is 3.07. The lowest BCUT2D eigenvalue weighted by molar-refractivity contribution is -0.384. The van der Waals surface area contributed by atoms with Gasteiger partial charge in [-0.3, -0.25) is 10.1 Å². The van der Waals surface area contributed by atoms with Crippen molar-refractivity contribution >= 4 is 27.7 Å². The molecule has 0 aliphatic rings. The molecule has 5 heteroatoms. The predicted octanol–water partition coefficient (Wildman–Crippen LogP) is 4.17. The summed E-state index contributed by atoms with van der Waals surface area (Å²) in [5.41, 5.74) is 1.14. The van der Waals surface area contributed by atoms with Gasteiger partial charge in [0, 0.05) is 23.0 Å². The number of non-ortho nitro benzene ring substituents is 1. The van der Waals surface area contributed by atoms with Crippen LogP contribution in [0.15, 0.2) is 23.8 Å². The largest absolute Gasteiger partial charge is 0.270 e. The number of rotatable bonds is 4. The normalized spacial score (nSPS) is 11.9. The van der Waals surface area contributed by atoms with E-state index in [-0.39, 0.29) is 17.2 Å². The SMILES string of the molecule is CC(C)/C(=C/c1cc([N+](=O)[O-])ccc1F)CBr. The Morgan fingerprint density at radius 1 is 1.59 bits per heavy atom. The van der Waals surface area contributed by atoms with E-state index in [0.29, 0.717) is 5.33 Å². The van der Waals surface area contributed by atoms with Crippen molar-refractivity contribution < 1.29 is 9.31 Å². The number of hydrogen-bond donors (Lipinski definition) is 0. The second-order valence-corrected chi connectivity index (χ2v) is 4.53. The van der Waals surface area contributed by atoms with E-state index < -0.39 is 10.7 Å². The third-order valence-electron chi connectivity index (χ3n) is 2.43. The average Bonchev–Trinajstić information content (AvgIpc) is 2.27. The highest BCUT2D eigenvalue weighted by Crippen LogP contribution is 2.22. The van der Waals surface area contributed by atoms with Gasteiger partial charge in [0.2, 0.25) is 0 Å². The number of benzene rings is 1. The van der Waals surface area contributed by atoms with Crippen LogP contribution in [0.2, 0.25) is 0 Å². The van der Waals surface area contributed by atoms with E-state index in [9.17, 15) is 14.5 Å². The monoisotopic (exact) mass is 301 g/mol. The van der Waals surface area contributed by atoms with Gasteiger partial charge in [0.15, 0.2) is 0 Å². The Kier molecular flexibility index (Phi) is 4.81. The maximum Gasteiger partial charge on any atom is 0.270 e. The standard InChI is InChI=1S/C12H13BrFNO2/c1-8(2)10(7-13)5-9-6-11(15(16)17)3-4-12(9)14/h3-6,8H,7H2,1-2H3/b10-5+. The lowest BCUT2D eigenvalue weighted by atomic mass is 10.0. The second-order valence-electron chi connectivity index (χ2n) is 3.97. The highest BCUT2D eigenvalue weighted by atomic mass is 79.9. The number of alkyl halides is 1. The van der Waals surface area contributed by atoms with Crippen LogP contribution in [0, 0.1) is 21.8 Å². The molecule has 0 aliphatic heterocycles. The van der Waals surface area contributed by atoms with Gasteiger partial charge in [0.1, 0.15) is 5.82 Å². The van der Waals surface area contributed by atoms with Crippen molar-refractivity contribution in [2.45, 2.75) is 13.8 Å². The molecule has 92 valence electrons. The summed E-state index contributed by atoms with van der Waals surface area (Å²) in [6.45, 7) is 3.98. The van der Waals surface area contributed by atoms with Crippen LogP contribution in [0.25, 0.3) is 6.08 Å². The first-order valence-electron chi connectivity index (χ1n) is 5.16. The molecule has 0 N–H and O–H groups in total. The third kappa shape index (κ3) is 3.63. The van der Waals surface area contributed by atoms with Crippen LogP contribution in [0.1, 0.15) is 19.4 Å².